The smallest absolute Gasteiger partial charge is 0.246 e. The van der Waals surface area contributed by atoms with Gasteiger partial charge in [0, 0.05) is 19.6 Å². The van der Waals surface area contributed by atoms with Gasteiger partial charge >= 0.3 is 0 Å². The van der Waals surface area contributed by atoms with E-state index in [9.17, 15) is 50.4 Å². The predicted octanol–water partition coefficient (Wildman–Crippen LogP) is -1.41. The van der Waals surface area contributed by atoms with E-state index in [2.05, 4.69) is 10.6 Å². The molecule has 15 unspecified atom stereocenters. The topological polar surface area (TPSA) is 318 Å². The van der Waals surface area contributed by atoms with Crippen LogP contribution in [-0.2, 0) is 28.5 Å². The molecule has 2 heterocycles. The molecule has 1 saturated carbocycles. The minimum Gasteiger partial charge on any atom is -0.396 e. The van der Waals surface area contributed by atoms with E-state index >= 15 is 0 Å². The van der Waals surface area contributed by atoms with Gasteiger partial charge in [0.25, 0.3) is 0 Å². The first-order valence-corrected chi connectivity index (χ1v) is 20.7. The van der Waals surface area contributed by atoms with Gasteiger partial charge in [-0.25, -0.2) is 0 Å². The van der Waals surface area contributed by atoms with Gasteiger partial charge < -0.3 is 85.8 Å². The molecule has 0 bridgehead atoms. The van der Waals surface area contributed by atoms with Crippen molar-refractivity contribution < 1.29 is 84.7 Å². The highest BCUT2D eigenvalue weighted by molar-refractivity contribution is 5.77. The van der Waals surface area contributed by atoms with Gasteiger partial charge in [-0.1, -0.05) is 69.2 Å². The Morgan fingerprint density at radius 3 is 1.33 bits per heavy atom. The molecule has 3 aliphatic rings. The van der Waals surface area contributed by atoms with E-state index < -0.39 is 136 Å². The highest BCUT2D eigenvalue weighted by atomic mass is 16.6. The number of nitrogens with one attached hydrogen (secondary N) is 2. The molecule has 13 N–H and O–H groups in total. The van der Waals surface area contributed by atoms with E-state index in [1.807, 2.05) is 83.1 Å². The summed E-state index contributed by atoms with van der Waals surface area (Å²) in [6.45, 7) is 24.3. The van der Waals surface area contributed by atoms with E-state index in [0.29, 0.717) is 6.10 Å². The summed E-state index contributed by atoms with van der Waals surface area (Å²) in [7, 11) is 1.70. The van der Waals surface area contributed by atoms with E-state index in [0.717, 1.165) is 0 Å². The molecule has 0 aromatic rings. The lowest BCUT2D eigenvalue weighted by molar-refractivity contribution is -0.246. The van der Waals surface area contributed by atoms with Gasteiger partial charge in [0.2, 0.25) is 11.8 Å². The van der Waals surface area contributed by atoms with Gasteiger partial charge in [-0.2, -0.15) is 0 Å². The van der Waals surface area contributed by atoms with Crippen molar-refractivity contribution in [3.63, 3.8) is 0 Å². The first-order valence-electron chi connectivity index (χ1n) is 20.7. The Labute approximate surface area is 347 Å². The van der Waals surface area contributed by atoms with Gasteiger partial charge in [0.1, 0.15) is 62.0 Å². The molecule has 2 amide bonds. The molecule has 19 nitrogen and oxygen atoms in total. The van der Waals surface area contributed by atoms with Crippen molar-refractivity contribution in [1.82, 2.24) is 10.6 Å². The molecular weight excluding hydrogens is 768 g/mol. The molecule has 2 aliphatic heterocycles. The van der Waals surface area contributed by atoms with E-state index in [4.69, 9.17) is 34.3 Å². The van der Waals surface area contributed by atoms with Gasteiger partial charge in [-0.15, -0.1) is 0 Å². The van der Waals surface area contributed by atoms with Crippen molar-refractivity contribution in [2.45, 2.75) is 195 Å². The number of methoxy groups -OCH3 is 1. The first-order chi connectivity index (χ1) is 27.5. The largest absolute Gasteiger partial charge is 0.396 e. The van der Waals surface area contributed by atoms with Crippen LogP contribution < -0.4 is 10.6 Å². The Morgan fingerprint density at radius 1 is 0.586 bits per heavy atom. The second-order valence-electron chi connectivity index (χ2n) is 12.2. The van der Waals surface area contributed by atoms with Gasteiger partial charge in [-0.3, -0.25) is 9.59 Å². The number of rotatable bonds is 10. The fourth-order valence-electron chi connectivity index (χ4n) is 5.41. The molecule has 58 heavy (non-hydrogen) atoms. The second kappa shape index (κ2) is 39.5. The molecule has 19 heteroatoms. The molecule has 3 rings (SSSR count). The molecule has 0 spiro atoms. The molecule has 3 fully saturated rings. The van der Waals surface area contributed by atoms with Crippen LogP contribution in [0.25, 0.3) is 0 Å². The summed E-state index contributed by atoms with van der Waals surface area (Å²) in [6.07, 6.45) is -13.2. The van der Waals surface area contributed by atoms with Crippen LogP contribution in [0.2, 0.25) is 0 Å². The second-order valence-corrected chi connectivity index (χ2v) is 12.2. The summed E-state index contributed by atoms with van der Waals surface area (Å²) in [6, 6.07) is -1.72. The summed E-state index contributed by atoms with van der Waals surface area (Å²) < 4.78 is 21.2. The normalized spacial score (nSPS) is 33.4. The number of aliphatic hydroxyl groups is 11. The Kier molecular flexibility index (Phi) is 44.6. The average Bonchev–Trinajstić information content (AvgIpc) is 3.26. The summed E-state index contributed by atoms with van der Waals surface area (Å²) >= 11 is 0. The van der Waals surface area contributed by atoms with Crippen LogP contribution in [0.4, 0.5) is 0 Å². The number of carbonyl (C=O) groups excluding carboxylic acids is 2. The lowest BCUT2D eigenvalue weighted by Crippen LogP contribution is -2.66. The zero-order valence-electron chi connectivity index (χ0n) is 37.8. The molecule has 0 aromatic carbocycles. The maximum Gasteiger partial charge on any atom is 0.246 e. The maximum absolute atomic E-state index is 11.6. The quantitative estimate of drug-likeness (QED) is 0.120. The molecule has 0 radical (unpaired) electrons. The molecule has 15 atom stereocenters. The van der Waals surface area contributed by atoms with Crippen LogP contribution in [0.1, 0.15) is 103 Å². The fourth-order valence-corrected chi connectivity index (χ4v) is 5.41. The molecule has 1 aliphatic carbocycles. The molecule has 0 aromatic heterocycles. The van der Waals surface area contributed by atoms with Crippen LogP contribution in [0, 0.1) is 5.92 Å². The number of aliphatic hydroxyl groups excluding tert-OH is 11. The van der Waals surface area contributed by atoms with Crippen LogP contribution in [0.15, 0.2) is 0 Å². The summed E-state index contributed by atoms with van der Waals surface area (Å²) in [5, 5.41) is 110. The van der Waals surface area contributed by atoms with Crippen molar-refractivity contribution in [2.24, 2.45) is 5.92 Å². The summed E-state index contributed by atoms with van der Waals surface area (Å²) in [5.41, 5.74) is 0. The number of hydrogen-bond donors (Lipinski definition) is 13. The summed E-state index contributed by atoms with van der Waals surface area (Å²) in [4.78, 5) is 22.6. The van der Waals surface area contributed by atoms with Crippen LogP contribution >= 0.6 is 0 Å². The SMILES string of the molecule is CC.CC.CC.CC.CC.CC1OC(CO)C(O)C(O)C1NC(=O)CO.CC1OC(CO)C(O)C(OC2CC(CO)C(O)C(O)C2O)C1NC(=O)CO.COC(C)C. The van der Waals surface area contributed by atoms with E-state index in [1.54, 1.807) is 21.0 Å². The van der Waals surface area contributed by atoms with Gasteiger partial charge in [0.05, 0.1) is 55.8 Å². The van der Waals surface area contributed by atoms with Gasteiger partial charge in [-0.05, 0) is 34.1 Å². The van der Waals surface area contributed by atoms with Crippen molar-refractivity contribution in [3.8, 4) is 0 Å². The van der Waals surface area contributed by atoms with Crippen molar-refractivity contribution in [2.75, 3.05) is 40.1 Å². The number of amides is 2. The molecular formula is C39H86N2O17. The monoisotopic (exact) mass is 855 g/mol. The minimum absolute atomic E-state index is 0.00118. The van der Waals surface area contributed by atoms with Crippen molar-refractivity contribution in [1.29, 1.82) is 0 Å². The average molecular weight is 855 g/mol. The summed E-state index contributed by atoms with van der Waals surface area (Å²) in [5.74, 6) is -2.14. The fraction of sp³-hybridized carbons (Fsp3) is 0.949. The van der Waals surface area contributed by atoms with E-state index in [-0.39, 0.29) is 6.42 Å². The Hall–Kier alpha value is -1.66. The third-order valence-corrected chi connectivity index (χ3v) is 8.40. The molecule has 354 valence electrons. The maximum atomic E-state index is 11.6. The Balaban J connectivity index is -0.000000256. The third-order valence-electron chi connectivity index (χ3n) is 8.40. The third kappa shape index (κ3) is 22.8. The first kappa shape index (κ1) is 65.5. The number of carbonyl (C=O) groups is 2. The predicted molar refractivity (Wildman–Crippen MR) is 220 cm³/mol. The van der Waals surface area contributed by atoms with Crippen LogP contribution in [-0.4, -0.2) is 200 Å². The van der Waals surface area contributed by atoms with Gasteiger partial charge in [0.15, 0.2) is 0 Å². The molecule has 2 saturated heterocycles. The lowest BCUT2D eigenvalue weighted by Gasteiger charge is -2.47. The number of ether oxygens (including phenoxy) is 4. The zero-order valence-corrected chi connectivity index (χ0v) is 37.8. The Bertz CT molecular complexity index is 939. The highest BCUT2D eigenvalue weighted by Gasteiger charge is 2.49. The van der Waals surface area contributed by atoms with Crippen LogP contribution in [0.3, 0.4) is 0 Å². The Morgan fingerprint density at radius 2 is 0.966 bits per heavy atom. The van der Waals surface area contributed by atoms with E-state index in [1.165, 1.54) is 0 Å². The van der Waals surface area contributed by atoms with Crippen molar-refractivity contribution >= 4 is 11.8 Å². The lowest BCUT2D eigenvalue weighted by atomic mass is 9.80. The van der Waals surface area contributed by atoms with Crippen molar-refractivity contribution in [3.05, 3.63) is 0 Å². The van der Waals surface area contributed by atoms with Crippen LogP contribution in [0.5, 0.6) is 0 Å². The highest BCUT2D eigenvalue weighted by Crippen LogP contribution is 2.32. The zero-order chi connectivity index (χ0) is 46.9. The number of hydrogen-bond acceptors (Lipinski definition) is 17. The minimum atomic E-state index is -1.56. The standard InChI is InChI=1S/C16H29NO10.C9H17NO6.C4H10O.5C2H6/c1-6-11(17-10(21)5-20)16(14(24)9(4-19)26-6)27-8-2-7(3-18)12(22)15(25)13(8)23;1-4-7(10-6(13)3-12)9(15)8(14)5(2-11)16-4;1-4(2)5-3;5*1-2/h6-9,11-16,18-20,22-25H,2-5H2,1H3,(H,17,21);4-5,7-9,11-12,14-15H,2-3H2,1H3,(H,10,13);4H,1-3H3;5*1-2H3.